The third-order valence-corrected chi connectivity index (χ3v) is 4.69. The van der Waals surface area contributed by atoms with Gasteiger partial charge in [0.1, 0.15) is 5.82 Å². The van der Waals surface area contributed by atoms with Crippen molar-refractivity contribution in [2.75, 3.05) is 6.61 Å². The molecule has 0 aliphatic heterocycles. The van der Waals surface area contributed by atoms with Crippen LogP contribution in [0.15, 0.2) is 66.7 Å². The van der Waals surface area contributed by atoms with Crippen LogP contribution in [0.1, 0.15) is 42.0 Å². The summed E-state index contributed by atoms with van der Waals surface area (Å²) < 4.78 is 33.6. The number of hydrogen-bond donors (Lipinski definition) is 0. The monoisotopic (exact) mass is 378 g/mol. The summed E-state index contributed by atoms with van der Waals surface area (Å²) in [6, 6.07) is 20.2. The maximum absolute atomic E-state index is 14.5. The summed E-state index contributed by atoms with van der Waals surface area (Å²) in [5.74, 6) is -0.160. The molecule has 0 saturated heterocycles. The molecule has 0 amide bonds. The van der Waals surface area contributed by atoms with Gasteiger partial charge in [-0.25, -0.2) is 8.78 Å². The van der Waals surface area contributed by atoms with Crippen molar-refractivity contribution in [2.45, 2.75) is 26.2 Å². The molecule has 144 valence electrons. The van der Waals surface area contributed by atoms with Crippen molar-refractivity contribution < 1.29 is 13.5 Å². The molecule has 0 heterocycles. The van der Waals surface area contributed by atoms with E-state index in [-0.39, 0.29) is 11.6 Å². The van der Waals surface area contributed by atoms with E-state index in [4.69, 9.17) is 4.74 Å². The minimum Gasteiger partial charge on any atom is -0.491 e. The molecular weight excluding hydrogens is 354 g/mol. The smallest absolute Gasteiger partial charge is 0.165 e. The lowest BCUT2D eigenvalue weighted by atomic mass is 9.93. The molecule has 1 atom stereocenters. The van der Waals surface area contributed by atoms with Crippen LogP contribution in [0.4, 0.5) is 8.78 Å². The first-order valence-electron chi connectivity index (χ1n) is 9.50. The van der Waals surface area contributed by atoms with E-state index in [9.17, 15) is 8.78 Å². The first kappa shape index (κ1) is 19.8. The van der Waals surface area contributed by atoms with E-state index in [1.165, 1.54) is 11.6 Å². The first-order chi connectivity index (χ1) is 13.6. The maximum Gasteiger partial charge on any atom is 0.165 e. The minimum atomic E-state index is -0.422. The Labute approximate surface area is 165 Å². The van der Waals surface area contributed by atoms with E-state index in [1.807, 2.05) is 24.3 Å². The van der Waals surface area contributed by atoms with E-state index in [1.54, 1.807) is 43.3 Å². The molecule has 3 aromatic rings. The number of hydrogen-bond acceptors (Lipinski definition) is 1. The summed E-state index contributed by atoms with van der Waals surface area (Å²) in [4.78, 5) is 0. The van der Waals surface area contributed by atoms with Gasteiger partial charge in [-0.05, 0) is 54.2 Å². The third kappa shape index (κ3) is 5.07. The van der Waals surface area contributed by atoms with Crippen molar-refractivity contribution in [3.63, 3.8) is 0 Å². The molecule has 0 aliphatic rings. The van der Waals surface area contributed by atoms with Gasteiger partial charge in [0.2, 0.25) is 0 Å². The molecular formula is C25H24F2O. The fraction of sp³-hybridized carbons (Fsp3) is 0.200. The zero-order chi connectivity index (χ0) is 19.9. The van der Waals surface area contributed by atoms with Crippen molar-refractivity contribution in [1.29, 1.82) is 0 Å². The Balaban J connectivity index is 1.70. The van der Waals surface area contributed by atoms with Crippen LogP contribution in [0.5, 0.6) is 5.75 Å². The molecule has 1 unspecified atom stereocenters. The van der Waals surface area contributed by atoms with Crippen LogP contribution in [0, 0.1) is 11.6 Å². The van der Waals surface area contributed by atoms with Gasteiger partial charge in [0, 0.05) is 5.56 Å². The van der Waals surface area contributed by atoms with Gasteiger partial charge in [-0.1, -0.05) is 67.6 Å². The Bertz CT molecular complexity index is 948. The number of rotatable bonds is 7. The average Bonchev–Trinajstić information content (AvgIpc) is 2.70. The largest absolute Gasteiger partial charge is 0.491 e. The van der Waals surface area contributed by atoms with Gasteiger partial charge in [-0.3, -0.25) is 0 Å². The summed E-state index contributed by atoms with van der Waals surface area (Å²) in [6.07, 6.45) is 4.13. The highest BCUT2D eigenvalue weighted by Crippen LogP contribution is 2.23. The normalized spacial score (nSPS) is 12.3. The topological polar surface area (TPSA) is 9.23 Å². The van der Waals surface area contributed by atoms with Crippen molar-refractivity contribution in [2.24, 2.45) is 0 Å². The van der Waals surface area contributed by atoms with Gasteiger partial charge in [0.05, 0.1) is 6.61 Å². The highest BCUT2D eigenvalue weighted by molar-refractivity contribution is 5.70. The third-order valence-electron chi connectivity index (χ3n) is 4.69. The maximum atomic E-state index is 14.5. The second-order valence-electron chi connectivity index (χ2n) is 6.83. The summed E-state index contributed by atoms with van der Waals surface area (Å²) >= 11 is 0. The van der Waals surface area contributed by atoms with E-state index in [0.29, 0.717) is 23.7 Å². The van der Waals surface area contributed by atoms with Gasteiger partial charge in [0.15, 0.2) is 11.6 Å². The Morgan fingerprint density at radius 1 is 0.893 bits per heavy atom. The van der Waals surface area contributed by atoms with Gasteiger partial charge >= 0.3 is 0 Å². The lowest BCUT2D eigenvalue weighted by Gasteiger charge is -2.12. The van der Waals surface area contributed by atoms with E-state index in [0.717, 1.165) is 12.0 Å². The van der Waals surface area contributed by atoms with E-state index in [2.05, 4.69) is 19.1 Å². The Morgan fingerprint density at radius 3 is 2.36 bits per heavy atom. The van der Waals surface area contributed by atoms with Crippen LogP contribution in [0.25, 0.3) is 12.2 Å². The van der Waals surface area contributed by atoms with Crippen molar-refractivity contribution in [3.8, 4) is 5.75 Å². The van der Waals surface area contributed by atoms with Crippen LogP contribution in [-0.2, 0) is 6.42 Å². The van der Waals surface area contributed by atoms with Crippen LogP contribution in [0.2, 0.25) is 0 Å². The number of benzene rings is 3. The second kappa shape index (κ2) is 9.32. The van der Waals surface area contributed by atoms with Crippen molar-refractivity contribution >= 4 is 12.2 Å². The molecule has 0 radical (unpaired) electrons. The quantitative estimate of drug-likeness (QED) is 0.407. The van der Waals surface area contributed by atoms with Gasteiger partial charge in [-0.2, -0.15) is 0 Å². The van der Waals surface area contributed by atoms with Crippen LogP contribution >= 0.6 is 0 Å². The van der Waals surface area contributed by atoms with E-state index >= 15 is 0 Å². The molecule has 0 aromatic heterocycles. The molecule has 0 fully saturated rings. The average molecular weight is 378 g/mol. The summed E-state index contributed by atoms with van der Waals surface area (Å²) in [5.41, 5.74) is 3.33. The second-order valence-corrected chi connectivity index (χ2v) is 6.83. The lowest BCUT2D eigenvalue weighted by Crippen LogP contribution is -1.99. The molecule has 0 spiro atoms. The van der Waals surface area contributed by atoms with Crippen LogP contribution in [-0.4, -0.2) is 6.61 Å². The molecule has 3 heteroatoms. The van der Waals surface area contributed by atoms with Gasteiger partial charge < -0.3 is 4.74 Å². The highest BCUT2D eigenvalue weighted by atomic mass is 19.1. The summed E-state index contributed by atoms with van der Waals surface area (Å²) in [7, 11) is 0. The van der Waals surface area contributed by atoms with Gasteiger partial charge in [0.25, 0.3) is 0 Å². The summed E-state index contributed by atoms with van der Waals surface area (Å²) in [6.45, 7) is 4.36. The molecule has 0 saturated carbocycles. The fourth-order valence-corrected chi connectivity index (χ4v) is 3.17. The Morgan fingerprint density at radius 2 is 1.68 bits per heavy atom. The molecule has 1 nitrogen and oxygen atoms in total. The molecule has 28 heavy (non-hydrogen) atoms. The van der Waals surface area contributed by atoms with Gasteiger partial charge in [-0.15, -0.1) is 0 Å². The molecule has 0 N–H and O–H groups in total. The molecule has 0 bridgehead atoms. The predicted molar refractivity (Wildman–Crippen MR) is 111 cm³/mol. The zero-order valence-corrected chi connectivity index (χ0v) is 16.2. The SMILES string of the molecule is CCOc1ccc(/C=C/c2ccc(CC(C)c3ccccc3)cc2F)cc1F. The van der Waals surface area contributed by atoms with Crippen LogP contribution < -0.4 is 4.74 Å². The lowest BCUT2D eigenvalue weighted by molar-refractivity contribution is 0.321. The van der Waals surface area contributed by atoms with E-state index < -0.39 is 5.82 Å². The van der Waals surface area contributed by atoms with Crippen molar-refractivity contribution in [1.82, 2.24) is 0 Å². The minimum absolute atomic E-state index is 0.225. The predicted octanol–water partition coefficient (Wildman–Crippen LogP) is 6.88. The fourth-order valence-electron chi connectivity index (χ4n) is 3.17. The Kier molecular flexibility index (Phi) is 6.59. The highest BCUT2D eigenvalue weighted by Gasteiger charge is 2.08. The molecule has 3 rings (SSSR count). The van der Waals surface area contributed by atoms with Crippen molar-refractivity contribution in [3.05, 3.63) is 101 Å². The molecule has 0 aliphatic carbocycles. The zero-order valence-electron chi connectivity index (χ0n) is 16.2. The number of ether oxygens (including phenoxy) is 1. The molecule has 3 aromatic carbocycles. The standard InChI is InChI=1S/C25H24F2O/c1-3-28-25-14-11-19(16-24(25)27)9-12-22-13-10-20(17-23(22)26)15-18(2)21-7-5-4-6-8-21/h4-14,16-18H,3,15H2,1-2H3/b12-9+. The number of halogens is 2. The van der Waals surface area contributed by atoms with Crippen LogP contribution in [0.3, 0.4) is 0 Å². The Hall–Kier alpha value is -2.94. The first-order valence-corrected chi connectivity index (χ1v) is 9.50. The summed E-state index contributed by atoms with van der Waals surface area (Å²) in [5, 5.41) is 0.